The third kappa shape index (κ3) is 5.15. The third-order valence-corrected chi connectivity index (χ3v) is 3.56. The largest absolute Gasteiger partial charge is 0.462 e. The molecule has 1 aromatic carbocycles. The molecule has 0 aliphatic heterocycles. The van der Waals surface area contributed by atoms with Crippen LogP contribution in [0.4, 0.5) is 5.69 Å². The van der Waals surface area contributed by atoms with Crippen molar-refractivity contribution >= 4 is 46.8 Å². The van der Waals surface area contributed by atoms with E-state index in [0.29, 0.717) is 21.5 Å². The van der Waals surface area contributed by atoms with E-state index in [2.05, 4.69) is 5.32 Å². The lowest BCUT2D eigenvalue weighted by Gasteiger charge is -2.13. The Balaban J connectivity index is 1.92. The van der Waals surface area contributed by atoms with Crippen molar-refractivity contribution in [1.29, 1.82) is 0 Å². The summed E-state index contributed by atoms with van der Waals surface area (Å²) in [6.07, 6.45) is 1.65. The van der Waals surface area contributed by atoms with Crippen molar-refractivity contribution in [2.75, 3.05) is 5.32 Å². The summed E-state index contributed by atoms with van der Waals surface area (Å²) >= 11 is 11.8. The summed E-state index contributed by atoms with van der Waals surface area (Å²) in [5.74, 6) is 0.0695. The molecule has 1 atom stereocenters. The second-order valence-corrected chi connectivity index (χ2v) is 5.82. The molecule has 2 aromatic rings. The molecule has 0 radical (unpaired) electrons. The van der Waals surface area contributed by atoms with Gasteiger partial charge in [-0.1, -0.05) is 23.2 Å². The van der Waals surface area contributed by atoms with Crippen molar-refractivity contribution in [3.8, 4) is 0 Å². The van der Waals surface area contributed by atoms with E-state index in [0.717, 1.165) is 5.76 Å². The zero-order valence-electron chi connectivity index (χ0n) is 13.0. The lowest BCUT2D eigenvalue weighted by Crippen LogP contribution is -2.29. The molecule has 126 valence electrons. The second kappa shape index (κ2) is 8.04. The Hall–Kier alpha value is -2.24. The first-order valence-corrected chi connectivity index (χ1v) is 7.82. The highest BCUT2D eigenvalue weighted by atomic mass is 35.5. The molecular formula is C17H15Cl2NO4. The molecule has 1 aromatic heterocycles. The molecule has 1 N–H and O–H groups in total. The highest BCUT2D eigenvalue weighted by molar-refractivity contribution is 6.35. The van der Waals surface area contributed by atoms with Gasteiger partial charge in [0.1, 0.15) is 11.5 Å². The average Bonchev–Trinajstić information content (AvgIpc) is 2.94. The van der Waals surface area contributed by atoms with Crippen molar-refractivity contribution in [3.05, 3.63) is 58.0 Å². The minimum atomic E-state index is -1.00. The number of nitrogens with one attached hydrogen (secondary N) is 1. The zero-order chi connectivity index (χ0) is 17.7. The summed E-state index contributed by atoms with van der Waals surface area (Å²) in [7, 11) is 0. The van der Waals surface area contributed by atoms with Crippen LogP contribution in [0.1, 0.15) is 18.4 Å². The van der Waals surface area contributed by atoms with Crippen molar-refractivity contribution in [2.45, 2.75) is 20.0 Å². The van der Waals surface area contributed by atoms with Crippen LogP contribution in [0, 0.1) is 6.92 Å². The monoisotopic (exact) mass is 367 g/mol. The number of aryl methyl sites for hydroxylation is 1. The van der Waals surface area contributed by atoms with Gasteiger partial charge >= 0.3 is 5.97 Å². The maximum absolute atomic E-state index is 12.1. The van der Waals surface area contributed by atoms with E-state index < -0.39 is 18.0 Å². The van der Waals surface area contributed by atoms with Gasteiger partial charge in [-0.05, 0) is 50.3 Å². The highest BCUT2D eigenvalue weighted by Crippen LogP contribution is 2.25. The maximum atomic E-state index is 12.1. The van der Waals surface area contributed by atoms with E-state index in [1.54, 1.807) is 31.2 Å². The smallest absolute Gasteiger partial charge is 0.331 e. The van der Waals surface area contributed by atoms with Crippen LogP contribution in [0.3, 0.4) is 0 Å². The van der Waals surface area contributed by atoms with Gasteiger partial charge in [-0.2, -0.15) is 0 Å². The molecule has 0 fully saturated rings. The van der Waals surface area contributed by atoms with Gasteiger partial charge < -0.3 is 14.5 Å². The number of rotatable bonds is 5. The van der Waals surface area contributed by atoms with Crippen LogP contribution in [-0.4, -0.2) is 18.0 Å². The van der Waals surface area contributed by atoms with Crippen LogP contribution in [0.25, 0.3) is 6.08 Å². The summed E-state index contributed by atoms with van der Waals surface area (Å²) in [5.41, 5.74) is 0.346. The van der Waals surface area contributed by atoms with E-state index in [4.69, 9.17) is 32.4 Å². The van der Waals surface area contributed by atoms with Crippen LogP contribution in [-0.2, 0) is 14.3 Å². The molecule has 1 amide bonds. The molecule has 0 bridgehead atoms. The van der Waals surface area contributed by atoms with Gasteiger partial charge in [-0.25, -0.2) is 4.79 Å². The molecule has 1 unspecified atom stereocenters. The highest BCUT2D eigenvalue weighted by Gasteiger charge is 2.18. The van der Waals surface area contributed by atoms with Gasteiger partial charge in [-0.15, -0.1) is 0 Å². The summed E-state index contributed by atoms with van der Waals surface area (Å²) in [4.78, 5) is 23.8. The number of esters is 1. The third-order valence-electron chi connectivity index (χ3n) is 2.99. The molecule has 7 heteroatoms. The molecule has 0 aliphatic carbocycles. The number of halogens is 2. The predicted octanol–water partition coefficient (Wildman–Crippen LogP) is 4.48. The minimum absolute atomic E-state index is 0.333. The van der Waals surface area contributed by atoms with E-state index in [-0.39, 0.29) is 0 Å². The second-order valence-electron chi connectivity index (χ2n) is 4.97. The average molecular weight is 368 g/mol. The van der Waals surface area contributed by atoms with Crippen molar-refractivity contribution in [1.82, 2.24) is 0 Å². The molecule has 0 saturated carbocycles. The van der Waals surface area contributed by atoms with Gasteiger partial charge in [0.15, 0.2) is 6.10 Å². The molecule has 0 spiro atoms. The summed E-state index contributed by atoms with van der Waals surface area (Å²) in [6.45, 7) is 3.25. The number of carbonyl (C=O) groups is 2. The normalized spacial score (nSPS) is 12.2. The fourth-order valence-electron chi connectivity index (χ4n) is 1.79. The molecule has 5 nitrogen and oxygen atoms in total. The van der Waals surface area contributed by atoms with Gasteiger partial charge in [0.05, 0.1) is 10.7 Å². The van der Waals surface area contributed by atoms with Crippen LogP contribution >= 0.6 is 23.2 Å². The van der Waals surface area contributed by atoms with Gasteiger partial charge in [0.25, 0.3) is 5.91 Å². The first kappa shape index (κ1) is 18.1. The molecule has 2 rings (SSSR count). The topological polar surface area (TPSA) is 68.5 Å². The molecule has 1 heterocycles. The van der Waals surface area contributed by atoms with Crippen molar-refractivity contribution in [2.24, 2.45) is 0 Å². The fourth-order valence-corrected chi connectivity index (χ4v) is 2.12. The molecule has 0 aliphatic rings. The first-order chi connectivity index (χ1) is 11.3. The molecular weight excluding hydrogens is 353 g/mol. The standard InChI is InChI=1S/C17H15Cl2NO4/c1-10-3-5-13(23-10)6-8-16(21)24-11(2)17(22)20-15-9-12(18)4-7-14(15)19/h3-9,11H,1-2H3,(H,20,22)/b8-6+. The number of hydrogen-bond acceptors (Lipinski definition) is 4. The lowest BCUT2D eigenvalue weighted by atomic mass is 10.3. The number of anilines is 1. The van der Waals surface area contributed by atoms with Crippen molar-refractivity contribution in [3.63, 3.8) is 0 Å². The van der Waals surface area contributed by atoms with E-state index in [1.165, 1.54) is 25.1 Å². The Kier molecular flexibility index (Phi) is 6.06. The minimum Gasteiger partial charge on any atom is -0.462 e. The van der Waals surface area contributed by atoms with E-state index in [9.17, 15) is 9.59 Å². The number of hydrogen-bond donors (Lipinski definition) is 1. The quantitative estimate of drug-likeness (QED) is 0.624. The Bertz CT molecular complexity index is 783. The van der Waals surface area contributed by atoms with Crippen molar-refractivity contribution < 1.29 is 18.7 Å². The number of ether oxygens (including phenoxy) is 1. The van der Waals surface area contributed by atoms with Gasteiger partial charge in [0.2, 0.25) is 0 Å². The molecule has 24 heavy (non-hydrogen) atoms. The van der Waals surface area contributed by atoms with E-state index >= 15 is 0 Å². The van der Waals surface area contributed by atoms with Crippen LogP contribution < -0.4 is 5.32 Å². The first-order valence-electron chi connectivity index (χ1n) is 7.06. The van der Waals surface area contributed by atoms with E-state index in [1.807, 2.05) is 0 Å². The van der Waals surface area contributed by atoms with Gasteiger partial charge in [0, 0.05) is 11.1 Å². The number of amides is 1. The predicted molar refractivity (Wildman–Crippen MR) is 93.1 cm³/mol. The van der Waals surface area contributed by atoms with Crippen LogP contribution in [0.5, 0.6) is 0 Å². The number of carbonyl (C=O) groups excluding carboxylic acids is 2. The lowest BCUT2D eigenvalue weighted by molar-refractivity contribution is -0.148. The Morgan fingerprint density at radius 3 is 2.67 bits per heavy atom. The summed E-state index contributed by atoms with van der Waals surface area (Å²) < 4.78 is 10.3. The zero-order valence-corrected chi connectivity index (χ0v) is 14.5. The summed E-state index contributed by atoms with van der Waals surface area (Å²) in [5, 5.41) is 3.32. The molecule has 0 saturated heterocycles. The Morgan fingerprint density at radius 1 is 1.25 bits per heavy atom. The SMILES string of the molecule is Cc1ccc(/C=C/C(=O)OC(C)C(=O)Nc2cc(Cl)ccc2Cl)o1. The number of benzene rings is 1. The van der Waals surface area contributed by atoms with Crippen LogP contribution in [0.15, 0.2) is 40.8 Å². The van der Waals surface area contributed by atoms with Gasteiger partial charge in [-0.3, -0.25) is 4.79 Å². The summed E-state index contributed by atoms with van der Waals surface area (Å²) in [6, 6.07) is 8.16. The maximum Gasteiger partial charge on any atom is 0.331 e. The Labute approximate surface area is 149 Å². The fraction of sp³-hybridized carbons (Fsp3) is 0.176. The van der Waals surface area contributed by atoms with Crippen LogP contribution in [0.2, 0.25) is 10.0 Å². The Morgan fingerprint density at radius 2 is 2.00 bits per heavy atom. The number of furan rings is 1.